The molecule has 0 spiro atoms. The summed E-state index contributed by atoms with van der Waals surface area (Å²) in [6.07, 6.45) is -1.52. The van der Waals surface area contributed by atoms with Gasteiger partial charge in [-0.05, 0) is 35.0 Å². The number of halogens is 3. The molecule has 1 aliphatic heterocycles. The molecule has 6 nitrogen and oxygen atoms in total. The first-order valence-electron chi connectivity index (χ1n) is 8.96. The summed E-state index contributed by atoms with van der Waals surface area (Å²) >= 11 is 0. The van der Waals surface area contributed by atoms with Crippen LogP contribution in [0, 0.1) is 27.6 Å². The number of hydrogen-bond donors (Lipinski definition) is 0. The highest BCUT2D eigenvalue weighted by molar-refractivity contribution is 5.91. The molecule has 3 aromatic carbocycles. The van der Waals surface area contributed by atoms with E-state index in [4.69, 9.17) is 14.2 Å². The van der Waals surface area contributed by atoms with Crippen molar-refractivity contribution in [1.29, 1.82) is 0 Å². The molecule has 0 aliphatic carbocycles. The van der Waals surface area contributed by atoms with Gasteiger partial charge < -0.3 is 14.2 Å². The minimum Gasteiger partial charge on any atom is -0.493 e. The van der Waals surface area contributed by atoms with E-state index in [1.165, 1.54) is 14.2 Å². The molecule has 0 saturated carbocycles. The van der Waals surface area contributed by atoms with Crippen molar-refractivity contribution >= 4 is 10.8 Å². The maximum atomic E-state index is 14.3. The lowest BCUT2D eigenvalue weighted by Gasteiger charge is -2.30. The molecule has 156 valence electrons. The fourth-order valence-electron chi connectivity index (χ4n) is 3.76. The summed E-state index contributed by atoms with van der Waals surface area (Å²) in [6.45, 7) is 0. The van der Waals surface area contributed by atoms with Gasteiger partial charge >= 0.3 is 0 Å². The number of rotatable bonds is 4. The van der Waals surface area contributed by atoms with Crippen molar-refractivity contribution in [2.24, 2.45) is 0 Å². The normalized spacial score (nSPS) is 17.9. The fourth-order valence-corrected chi connectivity index (χ4v) is 3.76. The predicted octanol–water partition coefficient (Wildman–Crippen LogP) is 4.60. The van der Waals surface area contributed by atoms with Gasteiger partial charge in [-0.25, -0.2) is 13.2 Å². The van der Waals surface area contributed by atoms with Crippen LogP contribution in [-0.2, 0) is 6.42 Å². The third kappa shape index (κ3) is 3.16. The van der Waals surface area contributed by atoms with E-state index in [0.29, 0.717) is 40.3 Å². The van der Waals surface area contributed by atoms with Gasteiger partial charge in [0.2, 0.25) is 0 Å². The van der Waals surface area contributed by atoms with E-state index in [1.54, 1.807) is 24.3 Å². The van der Waals surface area contributed by atoms with Gasteiger partial charge in [-0.15, -0.1) is 0 Å². The number of nitrogens with zero attached hydrogens (tertiary/aromatic N) is 1. The summed E-state index contributed by atoms with van der Waals surface area (Å²) in [5.41, 5.74) is 0.128. The average molecular weight is 419 g/mol. The molecule has 2 atom stereocenters. The van der Waals surface area contributed by atoms with Crippen LogP contribution in [0.3, 0.4) is 0 Å². The molecule has 0 amide bonds. The van der Waals surface area contributed by atoms with Crippen molar-refractivity contribution in [3.63, 3.8) is 0 Å². The van der Waals surface area contributed by atoms with Crippen molar-refractivity contribution < 1.29 is 32.3 Å². The van der Waals surface area contributed by atoms with Crippen LogP contribution in [0.4, 0.5) is 13.2 Å². The number of benzene rings is 3. The van der Waals surface area contributed by atoms with Gasteiger partial charge in [0.15, 0.2) is 29.2 Å². The summed E-state index contributed by atoms with van der Waals surface area (Å²) in [4.78, 5) is 11.2. The second kappa shape index (κ2) is 7.40. The first-order chi connectivity index (χ1) is 14.3. The molecule has 3 aromatic rings. The number of hydrogen-bond acceptors (Lipinski definition) is 5. The molecular formula is C21H16F3NO5. The van der Waals surface area contributed by atoms with E-state index in [0.717, 1.165) is 5.39 Å². The Kier molecular flexibility index (Phi) is 4.89. The summed E-state index contributed by atoms with van der Waals surface area (Å²) in [7, 11) is 2.96. The highest BCUT2D eigenvalue weighted by Crippen LogP contribution is 2.43. The first kappa shape index (κ1) is 19.8. The zero-order valence-electron chi connectivity index (χ0n) is 15.9. The Morgan fingerprint density at radius 3 is 2.33 bits per heavy atom. The van der Waals surface area contributed by atoms with Gasteiger partial charge in [0.1, 0.15) is 11.6 Å². The van der Waals surface area contributed by atoms with Crippen LogP contribution in [0.1, 0.15) is 17.2 Å². The van der Waals surface area contributed by atoms with Crippen LogP contribution in [0.5, 0.6) is 17.2 Å². The van der Waals surface area contributed by atoms with Crippen LogP contribution >= 0.6 is 0 Å². The van der Waals surface area contributed by atoms with Crippen molar-refractivity contribution in [3.8, 4) is 17.2 Å². The monoisotopic (exact) mass is 419 g/mol. The van der Waals surface area contributed by atoms with Gasteiger partial charge in [-0.2, -0.15) is 0 Å². The fraction of sp³-hybridized carbons (Fsp3) is 0.238. The Bertz CT molecular complexity index is 1170. The standard InChI is InChI=1S/C21H16F3NO5/c1-28-19-5-10-3-4-18-12(11(10)8-20(19)29-2)7-17(25(26)27)21(30-18)13-6-15(23)16(24)9-14(13)22/h3-6,8-9,17,21H,7H2,1-2H3. The molecule has 0 N–H and O–H groups in total. The zero-order valence-corrected chi connectivity index (χ0v) is 15.9. The van der Waals surface area contributed by atoms with E-state index in [1.807, 2.05) is 0 Å². The predicted molar refractivity (Wildman–Crippen MR) is 101 cm³/mol. The number of ether oxygens (including phenoxy) is 3. The SMILES string of the molecule is COc1cc2ccc3c(c2cc1OC)CC([N+](=O)[O-])C(c1cc(F)c(F)cc1F)O3. The Hall–Kier alpha value is -3.49. The molecule has 2 unspecified atom stereocenters. The number of fused-ring (bicyclic) bond motifs is 3. The molecule has 0 aromatic heterocycles. The minimum absolute atomic E-state index is 0.0989. The molecule has 4 rings (SSSR count). The van der Waals surface area contributed by atoms with Crippen molar-refractivity contribution in [2.75, 3.05) is 14.2 Å². The third-order valence-electron chi connectivity index (χ3n) is 5.23. The zero-order chi connectivity index (χ0) is 21.6. The van der Waals surface area contributed by atoms with Crippen LogP contribution in [0.2, 0.25) is 0 Å². The van der Waals surface area contributed by atoms with Gasteiger partial charge in [0.05, 0.1) is 14.2 Å². The van der Waals surface area contributed by atoms with Crippen LogP contribution in [-0.4, -0.2) is 25.2 Å². The summed E-state index contributed by atoms with van der Waals surface area (Å²) in [5.74, 6) is -2.57. The molecule has 1 heterocycles. The smallest absolute Gasteiger partial charge is 0.257 e. The van der Waals surface area contributed by atoms with Gasteiger partial charge in [0.25, 0.3) is 6.04 Å². The molecule has 0 fully saturated rings. The summed E-state index contributed by atoms with van der Waals surface area (Å²) in [5, 5.41) is 13.2. The lowest BCUT2D eigenvalue weighted by molar-refractivity contribution is -0.535. The lowest BCUT2D eigenvalue weighted by atomic mass is 9.89. The Labute approximate surface area is 168 Å². The van der Waals surface area contributed by atoms with E-state index in [-0.39, 0.29) is 6.42 Å². The molecule has 0 bridgehead atoms. The second-order valence-corrected chi connectivity index (χ2v) is 6.85. The Morgan fingerprint density at radius 1 is 1.00 bits per heavy atom. The maximum absolute atomic E-state index is 14.3. The summed E-state index contributed by atoms with van der Waals surface area (Å²) in [6, 6.07) is 6.30. The molecule has 1 aliphatic rings. The molecule has 30 heavy (non-hydrogen) atoms. The maximum Gasteiger partial charge on any atom is 0.257 e. The van der Waals surface area contributed by atoms with Gasteiger partial charge in [-0.3, -0.25) is 10.1 Å². The number of nitro groups is 1. The quantitative estimate of drug-likeness (QED) is 0.351. The highest BCUT2D eigenvalue weighted by atomic mass is 19.2. The van der Waals surface area contributed by atoms with E-state index < -0.39 is 40.1 Å². The largest absolute Gasteiger partial charge is 0.493 e. The third-order valence-corrected chi connectivity index (χ3v) is 5.23. The lowest BCUT2D eigenvalue weighted by Crippen LogP contribution is -2.37. The van der Waals surface area contributed by atoms with E-state index in [9.17, 15) is 23.3 Å². The molecule has 9 heteroatoms. The highest BCUT2D eigenvalue weighted by Gasteiger charge is 2.42. The van der Waals surface area contributed by atoms with Crippen molar-refractivity contribution in [2.45, 2.75) is 18.6 Å². The average Bonchev–Trinajstić information content (AvgIpc) is 2.74. The van der Waals surface area contributed by atoms with Crippen molar-refractivity contribution in [3.05, 3.63) is 75.1 Å². The van der Waals surface area contributed by atoms with Gasteiger partial charge in [-0.1, -0.05) is 6.07 Å². The van der Waals surface area contributed by atoms with Crippen LogP contribution in [0.25, 0.3) is 10.8 Å². The minimum atomic E-state index is -1.42. The van der Waals surface area contributed by atoms with Gasteiger partial charge in [0, 0.05) is 28.5 Å². The topological polar surface area (TPSA) is 70.8 Å². The van der Waals surface area contributed by atoms with E-state index in [2.05, 4.69) is 0 Å². The summed E-state index contributed by atoms with van der Waals surface area (Å²) < 4.78 is 57.7. The molecule has 0 saturated heterocycles. The first-order valence-corrected chi connectivity index (χ1v) is 8.96. The van der Waals surface area contributed by atoms with E-state index >= 15 is 0 Å². The van der Waals surface area contributed by atoms with Crippen molar-refractivity contribution in [1.82, 2.24) is 0 Å². The second-order valence-electron chi connectivity index (χ2n) is 6.85. The Balaban J connectivity index is 1.87. The molecular weight excluding hydrogens is 403 g/mol. The number of methoxy groups -OCH3 is 2. The van der Waals surface area contributed by atoms with Crippen LogP contribution in [0.15, 0.2) is 36.4 Å². The Morgan fingerprint density at radius 2 is 1.67 bits per heavy atom. The molecule has 0 radical (unpaired) electrons. The van der Waals surface area contributed by atoms with Crippen LogP contribution < -0.4 is 14.2 Å².